The van der Waals surface area contributed by atoms with Gasteiger partial charge in [-0.15, -0.1) is 0 Å². The number of nitrogens with zero attached hydrogens (tertiary/aromatic N) is 2. The van der Waals surface area contributed by atoms with Crippen molar-refractivity contribution >= 4 is 71.6 Å². The minimum atomic E-state index is -0.157. The van der Waals surface area contributed by atoms with Gasteiger partial charge in [0, 0.05) is 44.1 Å². The van der Waals surface area contributed by atoms with Crippen molar-refractivity contribution in [1.29, 1.82) is 0 Å². The van der Waals surface area contributed by atoms with Gasteiger partial charge in [0.25, 0.3) is 0 Å². The lowest BCUT2D eigenvalue weighted by molar-refractivity contribution is 0.660. The molecule has 0 N–H and O–H groups in total. The van der Waals surface area contributed by atoms with Crippen LogP contribution in [0.4, 0.5) is 17.1 Å². The second kappa shape index (κ2) is 13.9. The molecule has 0 saturated carbocycles. The van der Waals surface area contributed by atoms with Crippen molar-refractivity contribution < 1.29 is 4.42 Å². The molecule has 64 heavy (non-hydrogen) atoms. The maximum Gasteiger partial charge on any atom is 0.145 e. The van der Waals surface area contributed by atoms with E-state index in [4.69, 9.17) is 4.42 Å². The zero-order chi connectivity index (χ0) is 42.5. The molecule has 0 aliphatic heterocycles. The summed E-state index contributed by atoms with van der Waals surface area (Å²) >= 11 is 0. The number of furan rings is 1. The second-order valence-corrected chi connectivity index (χ2v) is 17.6. The Bertz CT molecular complexity index is 3810. The van der Waals surface area contributed by atoms with Crippen molar-refractivity contribution in [1.82, 2.24) is 4.57 Å². The van der Waals surface area contributed by atoms with Crippen LogP contribution in [0.15, 0.2) is 223 Å². The Morgan fingerprint density at radius 1 is 0.438 bits per heavy atom. The molecule has 0 fully saturated rings. The molecule has 0 bridgehead atoms. The molecule has 0 unspecified atom stereocenters. The van der Waals surface area contributed by atoms with E-state index >= 15 is 0 Å². The van der Waals surface area contributed by atoms with Crippen LogP contribution in [0.5, 0.6) is 0 Å². The van der Waals surface area contributed by atoms with Gasteiger partial charge in [-0.25, -0.2) is 0 Å². The molecule has 1 aliphatic carbocycles. The van der Waals surface area contributed by atoms with E-state index in [0.717, 1.165) is 61.4 Å². The van der Waals surface area contributed by atoms with Gasteiger partial charge in [0.1, 0.15) is 11.2 Å². The molecule has 0 atom stereocenters. The lowest BCUT2D eigenvalue weighted by Crippen LogP contribution is -2.16. The third kappa shape index (κ3) is 5.34. The predicted octanol–water partition coefficient (Wildman–Crippen LogP) is 16.9. The molecule has 0 radical (unpaired) electrons. The summed E-state index contributed by atoms with van der Waals surface area (Å²) in [4.78, 5) is 2.48. The SMILES string of the molecule is CC1(C)c2ccccc2-c2c(N(c3ccc(-c4ccc5c(c4)c4ccccc4n5-c4ccccc4)cc3)c3ccc(-c4cccc5ccccc45)c4oc5ccccc5c34)cccc21. The Morgan fingerprint density at radius 2 is 1.09 bits per heavy atom. The van der Waals surface area contributed by atoms with E-state index in [1.54, 1.807) is 0 Å². The molecule has 3 heteroatoms. The molecule has 1 aliphatic rings. The quantitative estimate of drug-likeness (QED) is 0.167. The summed E-state index contributed by atoms with van der Waals surface area (Å²) < 4.78 is 9.35. The van der Waals surface area contributed by atoms with Crippen LogP contribution >= 0.6 is 0 Å². The van der Waals surface area contributed by atoms with E-state index in [1.165, 1.54) is 60.4 Å². The minimum absolute atomic E-state index is 0.157. The number of benzene rings is 10. The Morgan fingerprint density at radius 3 is 1.97 bits per heavy atom. The van der Waals surface area contributed by atoms with E-state index < -0.39 is 0 Å². The first-order valence-corrected chi connectivity index (χ1v) is 22.2. The highest BCUT2D eigenvalue weighted by Gasteiger charge is 2.38. The summed E-state index contributed by atoms with van der Waals surface area (Å²) in [7, 11) is 0. The number of aromatic nitrogens is 1. The summed E-state index contributed by atoms with van der Waals surface area (Å²) in [6, 6.07) is 79.5. The van der Waals surface area contributed by atoms with Gasteiger partial charge < -0.3 is 13.9 Å². The van der Waals surface area contributed by atoms with Crippen molar-refractivity contribution in [3.8, 4) is 39.1 Å². The monoisotopic (exact) mass is 818 g/mol. The van der Waals surface area contributed by atoms with Gasteiger partial charge >= 0.3 is 0 Å². The first-order chi connectivity index (χ1) is 31.5. The first kappa shape index (κ1) is 36.5. The van der Waals surface area contributed by atoms with E-state index in [9.17, 15) is 0 Å². The van der Waals surface area contributed by atoms with Crippen LogP contribution in [0.1, 0.15) is 25.0 Å². The maximum absolute atomic E-state index is 6.98. The van der Waals surface area contributed by atoms with Crippen molar-refractivity contribution in [3.63, 3.8) is 0 Å². The molecule has 13 rings (SSSR count). The Hall–Kier alpha value is -8.14. The summed E-state index contributed by atoms with van der Waals surface area (Å²) in [6.07, 6.45) is 0. The highest BCUT2D eigenvalue weighted by atomic mass is 16.3. The number of hydrogen-bond acceptors (Lipinski definition) is 2. The van der Waals surface area contributed by atoms with Crippen molar-refractivity contribution in [2.45, 2.75) is 19.3 Å². The molecule has 0 amide bonds. The highest BCUT2D eigenvalue weighted by Crippen LogP contribution is 2.56. The number of para-hydroxylation sites is 3. The predicted molar refractivity (Wildman–Crippen MR) is 269 cm³/mol. The molecule has 10 aromatic carbocycles. The van der Waals surface area contributed by atoms with E-state index in [2.05, 4.69) is 242 Å². The van der Waals surface area contributed by atoms with Crippen molar-refractivity contribution in [3.05, 3.63) is 230 Å². The third-order valence-electron chi connectivity index (χ3n) is 13.8. The zero-order valence-corrected chi connectivity index (χ0v) is 35.6. The third-order valence-corrected chi connectivity index (χ3v) is 13.8. The summed E-state index contributed by atoms with van der Waals surface area (Å²) in [5.74, 6) is 0. The van der Waals surface area contributed by atoms with Crippen LogP contribution < -0.4 is 4.90 Å². The molecule has 12 aromatic rings. The molecule has 0 saturated heterocycles. The van der Waals surface area contributed by atoms with Crippen LogP contribution in [-0.2, 0) is 5.41 Å². The van der Waals surface area contributed by atoms with E-state index in [-0.39, 0.29) is 5.41 Å². The van der Waals surface area contributed by atoms with Crippen LogP contribution in [0, 0.1) is 0 Å². The Balaban J connectivity index is 1.03. The number of hydrogen-bond donors (Lipinski definition) is 0. The van der Waals surface area contributed by atoms with E-state index in [0.29, 0.717) is 0 Å². The summed E-state index contributed by atoms with van der Waals surface area (Å²) in [5.41, 5.74) is 18.3. The zero-order valence-electron chi connectivity index (χ0n) is 35.6. The average Bonchev–Trinajstić information content (AvgIpc) is 3.98. The maximum atomic E-state index is 6.98. The summed E-state index contributed by atoms with van der Waals surface area (Å²) in [6.45, 7) is 4.71. The van der Waals surface area contributed by atoms with Gasteiger partial charge in [-0.1, -0.05) is 166 Å². The van der Waals surface area contributed by atoms with Crippen LogP contribution in [-0.4, -0.2) is 4.57 Å². The fraction of sp³-hybridized carbons (Fsp3) is 0.0492. The van der Waals surface area contributed by atoms with Crippen molar-refractivity contribution in [2.24, 2.45) is 0 Å². The normalized spacial score (nSPS) is 13.0. The lowest BCUT2D eigenvalue weighted by atomic mass is 9.82. The topological polar surface area (TPSA) is 21.3 Å². The average molecular weight is 819 g/mol. The second-order valence-electron chi connectivity index (χ2n) is 17.6. The van der Waals surface area contributed by atoms with Gasteiger partial charge in [-0.2, -0.15) is 0 Å². The molecule has 2 heterocycles. The van der Waals surface area contributed by atoms with Gasteiger partial charge in [0.05, 0.1) is 27.8 Å². The smallest absolute Gasteiger partial charge is 0.145 e. The van der Waals surface area contributed by atoms with E-state index in [1.807, 2.05) is 0 Å². The molecule has 302 valence electrons. The number of rotatable bonds is 6. The lowest BCUT2D eigenvalue weighted by Gasteiger charge is -2.30. The first-order valence-electron chi connectivity index (χ1n) is 22.2. The Labute approximate surface area is 371 Å². The van der Waals surface area contributed by atoms with Crippen LogP contribution in [0.2, 0.25) is 0 Å². The van der Waals surface area contributed by atoms with Crippen LogP contribution in [0.25, 0.3) is 93.6 Å². The molecular formula is C61H42N2O. The fourth-order valence-corrected chi connectivity index (χ4v) is 10.8. The number of anilines is 3. The molecule has 0 spiro atoms. The van der Waals surface area contributed by atoms with Crippen molar-refractivity contribution in [2.75, 3.05) is 4.90 Å². The van der Waals surface area contributed by atoms with Gasteiger partial charge in [0.2, 0.25) is 0 Å². The fourth-order valence-electron chi connectivity index (χ4n) is 10.8. The minimum Gasteiger partial charge on any atom is -0.455 e. The molecule has 2 aromatic heterocycles. The van der Waals surface area contributed by atoms with Gasteiger partial charge in [0.15, 0.2) is 0 Å². The standard InChI is InChI=1S/C61H42N2O/c1-61(2)51-25-11-8-22-48(51)58-52(61)26-15-28-55(58)63(56-37-35-47(45-24-14-17-40-16-6-7-20-44(40)45)60-59(56)49-23-10-13-29-57(49)64-60)43-33-30-39(31-34-43)41-32-36-54-50(38-41)46-21-9-12-27-53(46)62(54)42-18-4-3-5-19-42/h3-38H,1-2H3. The summed E-state index contributed by atoms with van der Waals surface area (Å²) in [5, 5.41) is 7.08. The van der Waals surface area contributed by atoms with Gasteiger partial charge in [-0.3, -0.25) is 0 Å². The largest absolute Gasteiger partial charge is 0.455 e. The highest BCUT2D eigenvalue weighted by molar-refractivity contribution is 6.19. The molecular weight excluding hydrogens is 777 g/mol. The molecule has 3 nitrogen and oxygen atoms in total. The van der Waals surface area contributed by atoms with Crippen LogP contribution in [0.3, 0.4) is 0 Å². The van der Waals surface area contributed by atoms with Gasteiger partial charge in [-0.05, 0) is 111 Å². The number of fused-ring (bicyclic) bond motifs is 10. The Kier molecular flexibility index (Phi) is 7.95.